The molecule has 1 heterocycles. The van der Waals surface area contributed by atoms with Crippen LogP contribution in [-0.2, 0) is 0 Å². The Balaban J connectivity index is 2.85. The molecule has 0 bridgehead atoms. The summed E-state index contributed by atoms with van der Waals surface area (Å²) in [5.74, 6) is 0.547. The van der Waals surface area contributed by atoms with Crippen LogP contribution in [-0.4, -0.2) is 17.7 Å². The zero-order valence-electron chi connectivity index (χ0n) is 6.13. The monoisotopic (exact) mass is 122 g/mol. The average Bonchev–Trinajstić information content (AvgIpc) is 2.14. The van der Waals surface area contributed by atoms with Gasteiger partial charge < -0.3 is 4.59 Å². The van der Waals surface area contributed by atoms with Crippen molar-refractivity contribution in [2.75, 3.05) is 0 Å². The third-order valence-electron chi connectivity index (χ3n) is 1.33. The lowest BCUT2D eigenvalue weighted by atomic mass is 10.1. The fourth-order valence-corrected chi connectivity index (χ4v) is 0.741. The normalized spacial score (nSPS) is 10.6. The highest BCUT2D eigenvalue weighted by Crippen LogP contribution is 2.08. The lowest BCUT2D eigenvalue weighted by Crippen LogP contribution is -1.94. The van der Waals surface area contributed by atoms with Crippen molar-refractivity contribution < 1.29 is 0 Å². The quantitative estimate of drug-likeness (QED) is 0.493. The van der Waals surface area contributed by atoms with Gasteiger partial charge in [-0.25, -0.2) is 0 Å². The van der Waals surface area contributed by atoms with Crippen molar-refractivity contribution in [1.29, 1.82) is 0 Å². The van der Waals surface area contributed by atoms with E-state index in [2.05, 4.69) is 18.9 Å². The Morgan fingerprint density at radius 3 is 2.56 bits per heavy atom. The molecule has 3 heteroatoms. The van der Waals surface area contributed by atoms with E-state index < -0.39 is 0 Å². The van der Waals surface area contributed by atoms with Crippen LogP contribution < -0.4 is 0 Å². The molecule has 0 spiro atoms. The van der Waals surface area contributed by atoms with Gasteiger partial charge in [0.2, 0.25) is 7.98 Å². The van der Waals surface area contributed by atoms with Crippen LogP contribution in [0.5, 0.6) is 0 Å². The number of nitrogens with zero attached hydrogens (tertiary/aromatic N) is 2. The number of hydrogen-bond donors (Lipinski definition) is 0. The Hall–Kier alpha value is -0.725. The summed E-state index contributed by atoms with van der Waals surface area (Å²) in [5.41, 5.74) is 1.16. The van der Waals surface area contributed by atoms with Crippen LogP contribution in [0.25, 0.3) is 0 Å². The Bertz CT molecular complexity index is 193. The first-order chi connectivity index (χ1) is 4.20. The molecule has 0 aliphatic carbocycles. The van der Waals surface area contributed by atoms with Gasteiger partial charge in [0.15, 0.2) is 0 Å². The summed E-state index contributed by atoms with van der Waals surface area (Å²) in [6.45, 7) is 4.28. The second kappa shape index (κ2) is 2.25. The fourth-order valence-electron chi connectivity index (χ4n) is 0.741. The van der Waals surface area contributed by atoms with Gasteiger partial charge in [-0.05, 0) is 12.0 Å². The van der Waals surface area contributed by atoms with E-state index in [9.17, 15) is 0 Å². The Morgan fingerprint density at radius 1 is 1.67 bits per heavy atom. The standard InChI is InChI=1S/C6H11BN2/c1-5(2)6-3-4-9(7)8-6/h3-5H,7H2,1-2H3. The zero-order chi connectivity index (χ0) is 6.85. The average molecular weight is 122 g/mol. The highest BCUT2D eigenvalue weighted by molar-refractivity contribution is 6.05. The molecule has 2 nitrogen and oxygen atoms in total. The molecule has 0 aliphatic heterocycles. The SMILES string of the molecule is Bn1ccc(C(C)C)n1. The largest absolute Gasteiger partial charge is 0.326 e. The Labute approximate surface area is 56.3 Å². The number of aromatic nitrogens is 2. The van der Waals surface area contributed by atoms with Gasteiger partial charge in [-0.2, -0.15) is 5.10 Å². The summed E-state index contributed by atoms with van der Waals surface area (Å²) in [4.78, 5) is 0. The van der Waals surface area contributed by atoms with Crippen LogP contribution >= 0.6 is 0 Å². The first kappa shape index (κ1) is 6.40. The number of hydrogen-bond acceptors (Lipinski definition) is 1. The topological polar surface area (TPSA) is 17.8 Å². The molecule has 0 aromatic carbocycles. The Morgan fingerprint density at radius 2 is 2.33 bits per heavy atom. The van der Waals surface area contributed by atoms with Crippen LogP contribution in [0.3, 0.4) is 0 Å². The lowest BCUT2D eigenvalue weighted by molar-refractivity contribution is 0.796. The van der Waals surface area contributed by atoms with E-state index in [0.717, 1.165) is 5.69 Å². The van der Waals surface area contributed by atoms with Gasteiger partial charge in [0.25, 0.3) is 0 Å². The van der Waals surface area contributed by atoms with Gasteiger partial charge in [-0.15, -0.1) is 0 Å². The third kappa shape index (κ3) is 1.34. The predicted molar refractivity (Wildman–Crippen MR) is 40.3 cm³/mol. The van der Waals surface area contributed by atoms with Crippen LogP contribution in [0, 0.1) is 0 Å². The maximum Gasteiger partial charge on any atom is 0.248 e. The summed E-state index contributed by atoms with van der Waals surface area (Å²) < 4.78 is 1.83. The van der Waals surface area contributed by atoms with Gasteiger partial charge in [0, 0.05) is 6.20 Å². The van der Waals surface area contributed by atoms with E-state index in [4.69, 9.17) is 0 Å². The summed E-state index contributed by atoms with van der Waals surface area (Å²) in [6, 6.07) is 2.05. The zero-order valence-corrected chi connectivity index (χ0v) is 6.13. The molecule has 48 valence electrons. The molecule has 0 fully saturated rings. The molecule has 0 saturated heterocycles. The van der Waals surface area contributed by atoms with E-state index in [1.54, 1.807) is 0 Å². The maximum absolute atomic E-state index is 4.23. The van der Waals surface area contributed by atoms with Crippen LogP contribution in [0.1, 0.15) is 25.5 Å². The lowest BCUT2D eigenvalue weighted by Gasteiger charge is -1.95. The van der Waals surface area contributed by atoms with Crippen molar-refractivity contribution in [3.05, 3.63) is 18.0 Å². The number of rotatable bonds is 1. The second-order valence-corrected chi connectivity index (χ2v) is 2.57. The fraction of sp³-hybridized carbons (Fsp3) is 0.500. The summed E-state index contributed by atoms with van der Waals surface area (Å²) >= 11 is 0. The second-order valence-electron chi connectivity index (χ2n) is 2.57. The smallest absolute Gasteiger partial charge is 0.248 e. The summed E-state index contributed by atoms with van der Waals surface area (Å²) in [6.07, 6.45) is 1.97. The first-order valence-electron chi connectivity index (χ1n) is 3.19. The highest BCUT2D eigenvalue weighted by atomic mass is 15.2. The minimum absolute atomic E-state index is 0.547. The van der Waals surface area contributed by atoms with E-state index in [-0.39, 0.29) is 0 Å². The molecule has 9 heavy (non-hydrogen) atoms. The van der Waals surface area contributed by atoms with Gasteiger partial charge in [-0.3, -0.25) is 0 Å². The molecule has 0 radical (unpaired) electrons. The molecular weight excluding hydrogens is 111 g/mol. The predicted octanol–water partition coefficient (Wildman–Crippen LogP) is 0.403. The van der Waals surface area contributed by atoms with Crippen molar-refractivity contribution >= 4 is 7.98 Å². The van der Waals surface area contributed by atoms with E-state index in [0.29, 0.717) is 5.92 Å². The molecule has 1 aromatic rings. The van der Waals surface area contributed by atoms with Crippen molar-refractivity contribution in [2.45, 2.75) is 19.8 Å². The molecule has 0 N–H and O–H groups in total. The van der Waals surface area contributed by atoms with Crippen molar-refractivity contribution in [1.82, 2.24) is 9.69 Å². The molecule has 0 unspecified atom stereocenters. The maximum atomic E-state index is 4.23. The molecule has 0 atom stereocenters. The minimum Gasteiger partial charge on any atom is -0.326 e. The summed E-state index contributed by atoms with van der Waals surface area (Å²) in [7, 11) is 1.94. The Kier molecular flexibility index (Phi) is 1.60. The van der Waals surface area contributed by atoms with Crippen molar-refractivity contribution in [2.24, 2.45) is 0 Å². The molecule has 1 aromatic heterocycles. The van der Waals surface area contributed by atoms with Crippen molar-refractivity contribution in [3.63, 3.8) is 0 Å². The molecule has 1 rings (SSSR count). The molecular formula is C6H11BN2. The van der Waals surface area contributed by atoms with Crippen LogP contribution in [0.15, 0.2) is 12.3 Å². The van der Waals surface area contributed by atoms with Gasteiger partial charge in [0.1, 0.15) is 0 Å². The molecule has 0 saturated carbocycles. The molecule has 0 amide bonds. The van der Waals surface area contributed by atoms with Crippen molar-refractivity contribution in [3.8, 4) is 0 Å². The van der Waals surface area contributed by atoms with Crippen LogP contribution in [0.2, 0.25) is 0 Å². The third-order valence-corrected chi connectivity index (χ3v) is 1.33. The van der Waals surface area contributed by atoms with E-state index in [1.807, 2.05) is 24.8 Å². The summed E-state index contributed by atoms with van der Waals surface area (Å²) in [5, 5.41) is 4.23. The van der Waals surface area contributed by atoms with E-state index >= 15 is 0 Å². The van der Waals surface area contributed by atoms with Gasteiger partial charge >= 0.3 is 0 Å². The van der Waals surface area contributed by atoms with Crippen LogP contribution in [0.4, 0.5) is 0 Å². The molecule has 0 aliphatic rings. The van der Waals surface area contributed by atoms with Gasteiger partial charge in [-0.1, -0.05) is 13.8 Å². The van der Waals surface area contributed by atoms with E-state index in [1.165, 1.54) is 0 Å². The van der Waals surface area contributed by atoms with Gasteiger partial charge in [0.05, 0.1) is 5.69 Å². The first-order valence-corrected chi connectivity index (χ1v) is 3.19. The minimum atomic E-state index is 0.547. The highest BCUT2D eigenvalue weighted by Gasteiger charge is 1.99.